The number of rotatable bonds is 3. The summed E-state index contributed by atoms with van der Waals surface area (Å²) in [5.41, 5.74) is 7.13. The molecule has 0 aliphatic rings. The number of nitrogens with zero attached hydrogens (tertiary/aromatic N) is 2. The number of aromatic amines is 1. The highest BCUT2D eigenvalue weighted by molar-refractivity contribution is 5.38. The molecule has 0 fully saturated rings. The minimum Gasteiger partial charge on any atom is -0.271 e. The van der Waals surface area contributed by atoms with Crippen molar-refractivity contribution in [2.75, 3.05) is 0 Å². The fraction of sp³-hybridized carbons (Fsp3) is 0.273. The second-order valence-corrected chi connectivity index (χ2v) is 3.78. The highest BCUT2D eigenvalue weighted by Crippen LogP contribution is 2.23. The van der Waals surface area contributed by atoms with Gasteiger partial charge < -0.3 is 0 Å². The van der Waals surface area contributed by atoms with Gasteiger partial charge in [0.1, 0.15) is 5.69 Å². The highest BCUT2D eigenvalue weighted by Gasteiger charge is 2.17. The molecule has 5 nitrogen and oxygen atoms in total. The van der Waals surface area contributed by atoms with Gasteiger partial charge in [-0.15, -0.1) is 0 Å². The Morgan fingerprint density at radius 1 is 1.38 bits per heavy atom. The molecule has 0 amide bonds. The zero-order valence-electron chi connectivity index (χ0n) is 9.36. The van der Waals surface area contributed by atoms with E-state index in [2.05, 4.69) is 40.8 Å². The third-order valence-corrected chi connectivity index (χ3v) is 2.85. The van der Waals surface area contributed by atoms with Crippen molar-refractivity contribution in [2.24, 2.45) is 5.84 Å². The lowest BCUT2D eigenvalue weighted by atomic mass is 9.96. The Balaban J connectivity index is 2.45. The molecule has 0 bridgehead atoms. The van der Waals surface area contributed by atoms with Crippen LogP contribution in [0, 0.1) is 13.8 Å². The topological polar surface area (TPSA) is 79.6 Å². The summed E-state index contributed by atoms with van der Waals surface area (Å²) in [6, 6.07) is 6.01. The van der Waals surface area contributed by atoms with Gasteiger partial charge in [0, 0.05) is 0 Å². The number of aryl methyl sites for hydroxylation is 1. The number of hydrogen-bond donors (Lipinski definition) is 3. The molecule has 1 aromatic carbocycles. The van der Waals surface area contributed by atoms with E-state index in [4.69, 9.17) is 5.84 Å². The van der Waals surface area contributed by atoms with Crippen molar-refractivity contribution >= 4 is 0 Å². The summed E-state index contributed by atoms with van der Waals surface area (Å²) in [7, 11) is 0. The number of benzene rings is 1. The standard InChI is InChI=1S/C11H15N5/c1-7-4-3-5-9(8(7)2)11(14-12)10-6-13-16-15-10/h3-6,11,14H,12H2,1-2H3,(H,13,15,16). The number of H-pyrrole nitrogens is 1. The molecule has 0 saturated heterocycles. The molecule has 0 spiro atoms. The van der Waals surface area contributed by atoms with E-state index in [1.807, 2.05) is 12.1 Å². The number of nitrogens with one attached hydrogen (secondary N) is 2. The molecular formula is C11H15N5. The molecule has 16 heavy (non-hydrogen) atoms. The molecule has 0 saturated carbocycles. The van der Waals surface area contributed by atoms with Crippen LogP contribution in [0.4, 0.5) is 0 Å². The van der Waals surface area contributed by atoms with E-state index in [-0.39, 0.29) is 6.04 Å². The van der Waals surface area contributed by atoms with Crippen LogP contribution in [0.25, 0.3) is 0 Å². The van der Waals surface area contributed by atoms with Crippen LogP contribution in [0.15, 0.2) is 24.4 Å². The van der Waals surface area contributed by atoms with Crippen molar-refractivity contribution in [1.82, 2.24) is 20.8 Å². The van der Waals surface area contributed by atoms with Gasteiger partial charge in [0.15, 0.2) is 0 Å². The maximum Gasteiger partial charge on any atom is 0.105 e. The van der Waals surface area contributed by atoms with Gasteiger partial charge in [-0.1, -0.05) is 18.2 Å². The lowest BCUT2D eigenvalue weighted by Crippen LogP contribution is -2.29. The van der Waals surface area contributed by atoms with Gasteiger partial charge in [0.25, 0.3) is 0 Å². The summed E-state index contributed by atoms with van der Waals surface area (Å²) >= 11 is 0. The predicted octanol–water partition coefficient (Wildman–Crippen LogP) is 0.974. The second kappa shape index (κ2) is 4.42. The molecule has 0 aliphatic heterocycles. The van der Waals surface area contributed by atoms with Gasteiger partial charge in [-0.3, -0.25) is 5.84 Å². The maximum atomic E-state index is 5.58. The molecule has 2 rings (SSSR count). The Kier molecular flexibility index (Phi) is 2.98. The van der Waals surface area contributed by atoms with Gasteiger partial charge >= 0.3 is 0 Å². The van der Waals surface area contributed by atoms with Gasteiger partial charge in [-0.25, -0.2) is 5.43 Å². The largest absolute Gasteiger partial charge is 0.271 e. The van der Waals surface area contributed by atoms with Crippen molar-refractivity contribution in [3.05, 3.63) is 46.8 Å². The molecule has 0 radical (unpaired) electrons. The average Bonchev–Trinajstić information content (AvgIpc) is 2.79. The Morgan fingerprint density at radius 3 is 2.81 bits per heavy atom. The van der Waals surface area contributed by atoms with E-state index >= 15 is 0 Å². The third-order valence-electron chi connectivity index (χ3n) is 2.85. The molecule has 1 atom stereocenters. The summed E-state index contributed by atoms with van der Waals surface area (Å²) in [4.78, 5) is 0. The van der Waals surface area contributed by atoms with Crippen molar-refractivity contribution in [3.8, 4) is 0 Å². The number of aromatic nitrogens is 3. The zero-order chi connectivity index (χ0) is 11.5. The minimum atomic E-state index is -0.126. The molecule has 5 heteroatoms. The second-order valence-electron chi connectivity index (χ2n) is 3.78. The van der Waals surface area contributed by atoms with Gasteiger partial charge in [0.2, 0.25) is 0 Å². The van der Waals surface area contributed by atoms with E-state index in [0.29, 0.717) is 0 Å². The predicted molar refractivity (Wildman–Crippen MR) is 61.5 cm³/mol. The highest BCUT2D eigenvalue weighted by atomic mass is 15.3. The Bertz CT molecular complexity index is 463. The van der Waals surface area contributed by atoms with Gasteiger partial charge in [0.05, 0.1) is 12.2 Å². The average molecular weight is 217 g/mol. The van der Waals surface area contributed by atoms with E-state index < -0.39 is 0 Å². The SMILES string of the molecule is Cc1cccc(C(NN)c2cn[nH]n2)c1C. The first kappa shape index (κ1) is 10.8. The van der Waals surface area contributed by atoms with Crippen molar-refractivity contribution in [1.29, 1.82) is 0 Å². The first-order valence-corrected chi connectivity index (χ1v) is 5.12. The zero-order valence-corrected chi connectivity index (χ0v) is 9.36. The summed E-state index contributed by atoms with van der Waals surface area (Å²) in [5, 5.41) is 10.4. The first-order valence-electron chi connectivity index (χ1n) is 5.12. The van der Waals surface area contributed by atoms with Crippen LogP contribution in [0.2, 0.25) is 0 Å². The Morgan fingerprint density at radius 2 is 2.19 bits per heavy atom. The molecule has 1 heterocycles. The Hall–Kier alpha value is -1.72. The van der Waals surface area contributed by atoms with Crippen LogP contribution in [0.1, 0.15) is 28.4 Å². The van der Waals surface area contributed by atoms with E-state index in [1.54, 1.807) is 6.20 Å². The normalized spacial score (nSPS) is 12.7. The third kappa shape index (κ3) is 1.82. The van der Waals surface area contributed by atoms with Crippen LogP contribution in [-0.2, 0) is 0 Å². The fourth-order valence-corrected chi connectivity index (χ4v) is 1.77. The lowest BCUT2D eigenvalue weighted by Gasteiger charge is -2.17. The maximum absolute atomic E-state index is 5.58. The van der Waals surface area contributed by atoms with Gasteiger partial charge in [-0.2, -0.15) is 15.4 Å². The van der Waals surface area contributed by atoms with Crippen LogP contribution < -0.4 is 11.3 Å². The molecule has 1 aromatic heterocycles. The summed E-state index contributed by atoms with van der Waals surface area (Å²) in [5.74, 6) is 5.58. The van der Waals surface area contributed by atoms with Crippen LogP contribution in [0.5, 0.6) is 0 Å². The summed E-state index contributed by atoms with van der Waals surface area (Å²) in [6.07, 6.45) is 1.67. The van der Waals surface area contributed by atoms with E-state index in [1.165, 1.54) is 11.1 Å². The van der Waals surface area contributed by atoms with Crippen LogP contribution in [-0.4, -0.2) is 15.4 Å². The first-order chi connectivity index (χ1) is 7.74. The summed E-state index contributed by atoms with van der Waals surface area (Å²) in [6.45, 7) is 4.16. The minimum absolute atomic E-state index is 0.126. The molecule has 2 aromatic rings. The van der Waals surface area contributed by atoms with Gasteiger partial charge in [-0.05, 0) is 30.5 Å². The van der Waals surface area contributed by atoms with E-state index in [0.717, 1.165) is 11.3 Å². The quantitative estimate of drug-likeness (QED) is 0.529. The molecule has 1 unspecified atom stereocenters. The molecule has 0 aliphatic carbocycles. The van der Waals surface area contributed by atoms with Crippen molar-refractivity contribution in [2.45, 2.75) is 19.9 Å². The molecule has 84 valence electrons. The molecular weight excluding hydrogens is 202 g/mol. The van der Waals surface area contributed by atoms with E-state index in [9.17, 15) is 0 Å². The summed E-state index contributed by atoms with van der Waals surface area (Å²) < 4.78 is 0. The van der Waals surface area contributed by atoms with Crippen molar-refractivity contribution in [3.63, 3.8) is 0 Å². The smallest absolute Gasteiger partial charge is 0.105 e. The number of nitrogens with two attached hydrogens (primary N) is 1. The number of hydrazine groups is 1. The number of hydrogen-bond acceptors (Lipinski definition) is 4. The lowest BCUT2D eigenvalue weighted by molar-refractivity contribution is 0.615. The van der Waals surface area contributed by atoms with Crippen molar-refractivity contribution < 1.29 is 0 Å². The fourth-order valence-electron chi connectivity index (χ4n) is 1.77. The Labute approximate surface area is 94.0 Å². The monoisotopic (exact) mass is 217 g/mol. The van der Waals surface area contributed by atoms with Crippen LogP contribution >= 0.6 is 0 Å². The van der Waals surface area contributed by atoms with Crippen LogP contribution in [0.3, 0.4) is 0 Å². The molecule has 4 N–H and O–H groups in total.